The highest BCUT2D eigenvalue weighted by Crippen LogP contribution is 2.10. The molecular formula is C15H16FN3O. The number of hydrogen-bond acceptors (Lipinski definition) is 3. The van der Waals surface area contributed by atoms with Gasteiger partial charge in [-0.25, -0.2) is 9.37 Å². The molecule has 0 fully saturated rings. The van der Waals surface area contributed by atoms with Crippen LogP contribution in [-0.2, 0) is 6.42 Å². The van der Waals surface area contributed by atoms with Crippen molar-refractivity contribution in [3.05, 3.63) is 59.0 Å². The molecule has 4 nitrogen and oxygen atoms in total. The van der Waals surface area contributed by atoms with Gasteiger partial charge in [0.2, 0.25) is 0 Å². The highest BCUT2D eigenvalue weighted by Gasteiger charge is 2.06. The fourth-order valence-corrected chi connectivity index (χ4v) is 1.89. The van der Waals surface area contributed by atoms with Crippen LogP contribution in [-0.4, -0.2) is 17.4 Å². The van der Waals surface area contributed by atoms with Gasteiger partial charge in [-0.15, -0.1) is 0 Å². The van der Waals surface area contributed by atoms with Crippen LogP contribution < -0.4 is 11.1 Å². The van der Waals surface area contributed by atoms with Crippen molar-refractivity contribution < 1.29 is 9.18 Å². The zero-order valence-electron chi connectivity index (χ0n) is 11.2. The molecule has 0 aliphatic carbocycles. The van der Waals surface area contributed by atoms with E-state index >= 15 is 0 Å². The molecule has 2 aromatic rings. The van der Waals surface area contributed by atoms with E-state index < -0.39 is 0 Å². The molecule has 1 amide bonds. The molecule has 1 heterocycles. The molecule has 1 aromatic heterocycles. The number of benzene rings is 1. The Morgan fingerprint density at radius 2 is 2.15 bits per heavy atom. The molecule has 0 atom stereocenters. The number of nitrogens with zero attached hydrogens (tertiary/aromatic N) is 1. The number of pyridine rings is 1. The first-order chi connectivity index (χ1) is 9.56. The maximum Gasteiger partial charge on any atom is 0.252 e. The van der Waals surface area contributed by atoms with Crippen LogP contribution in [0.4, 0.5) is 10.2 Å². The first kappa shape index (κ1) is 14.0. The Morgan fingerprint density at radius 1 is 1.35 bits per heavy atom. The van der Waals surface area contributed by atoms with Gasteiger partial charge in [-0.05, 0) is 48.7 Å². The Hall–Kier alpha value is -2.43. The molecule has 0 saturated heterocycles. The fourth-order valence-electron chi connectivity index (χ4n) is 1.89. The third-order valence-electron chi connectivity index (χ3n) is 3.03. The van der Waals surface area contributed by atoms with Gasteiger partial charge in [-0.2, -0.15) is 0 Å². The van der Waals surface area contributed by atoms with Crippen molar-refractivity contribution in [3.8, 4) is 0 Å². The van der Waals surface area contributed by atoms with E-state index in [4.69, 9.17) is 5.73 Å². The normalized spacial score (nSPS) is 10.3. The third kappa shape index (κ3) is 3.54. The van der Waals surface area contributed by atoms with Crippen LogP contribution in [0, 0.1) is 12.7 Å². The molecule has 3 N–H and O–H groups in total. The third-order valence-corrected chi connectivity index (χ3v) is 3.03. The minimum absolute atomic E-state index is 0.197. The molecule has 1 aromatic carbocycles. The van der Waals surface area contributed by atoms with Gasteiger partial charge < -0.3 is 11.1 Å². The number of hydrogen-bond donors (Lipinski definition) is 2. The first-order valence-electron chi connectivity index (χ1n) is 6.31. The molecule has 5 heteroatoms. The van der Waals surface area contributed by atoms with Crippen LogP contribution in [0.3, 0.4) is 0 Å². The summed E-state index contributed by atoms with van der Waals surface area (Å²) in [6.45, 7) is 2.33. The average molecular weight is 273 g/mol. The van der Waals surface area contributed by atoms with Crippen molar-refractivity contribution >= 4 is 11.7 Å². The molecule has 20 heavy (non-hydrogen) atoms. The van der Waals surface area contributed by atoms with Gasteiger partial charge in [0.05, 0.1) is 5.56 Å². The maximum absolute atomic E-state index is 13.0. The van der Waals surface area contributed by atoms with E-state index in [-0.39, 0.29) is 11.7 Å². The Balaban J connectivity index is 1.89. The van der Waals surface area contributed by atoms with Crippen molar-refractivity contribution in [2.45, 2.75) is 13.3 Å². The molecule has 0 aliphatic rings. The Morgan fingerprint density at radius 3 is 2.80 bits per heavy atom. The topological polar surface area (TPSA) is 68.0 Å². The van der Waals surface area contributed by atoms with Crippen molar-refractivity contribution in [1.29, 1.82) is 0 Å². The summed E-state index contributed by atoms with van der Waals surface area (Å²) in [5.74, 6) is -0.0658. The lowest BCUT2D eigenvalue weighted by molar-refractivity contribution is 0.0954. The number of nitrogens with two attached hydrogens (primary N) is 1. The lowest BCUT2D eigenvalue weighted by Crippen LogP contribution is -2.26. The number of halogens is 1. The molecule has 0 radical (unpaired) electrons. The maximum atomic E-state index is 13.0. The van der Waals surface area contributed by atoms with Crippen molar-refractivity contribution in [2.75, 3.05) is 12.3 Å². The van der Waals surface area contributed by atoms with Gasteiger partial charge in [0, 0.05) is 12.7 Å². The molecule has 0 saturated carbocycles. The van der Waals surface area contributed by atoms with Gasteiger partial charge in [-0.1, -0.05) is 6.07 Å². The van der Waals surface area contributed by atoms with E-state index in [0.29, 0.717) is 24.3 Å². The van der Waals surface area contributed by atoms with Crippen LogP contribution in [0.5, 0.6) is 0 Å². The summed E-state index contributed by atoms with van der Waals surface area (Å²) in [6, 6.07) is 7.86. The number of carbonyl (C=O) groups excluding carboxylic acids is 1. The predicted octanol–water partition coefficient (Wildman–Crippen LogP) is 2.08. The monoisotopic (exact) mass is 273 g/mol. The number of aromatic nitrogens is 1. The quantitative estimate of drug-likeness (QED) is 0.896. The minimum atomic E-state index is -0.247. The largest absolute Gasteiger partial charge is 0.384 e. The molecule has 0 unspecified atom stereocenters. The zero-order chi connectivity index (χ0) is 14.5. The van der Waals surface area contributed by atoms with E-state index in [1.54, 1.807) is 18.2 Å². The van der Waals surface area contributed by atoms with Crippen molar-refractivity contribution in [1.82, 2.24) is 10.3 Å². The van der Waals surface area contributed by atoms with Crippen LogP contribution >= 0.6 is 0 Å². The van der Waals surface area contributed by atoms with Crippen LogP contribution in [0.2, 0.25) is 0 Å². The minimum Gasteiger partial charge on any atom is -0.384 e. The second kappa shape index (κ2) is 6.14. The van der Waals surface area contributed by atoms with Crippen molar-refractivity contribution in [2.24, 2.45) is 0 Å². The number of amides is 1. The van der Waals surface area contributed by atoms with E-state index in [1.807, 2.05) is 6.92 Å². The summed E-state index contributed by atoms with van der Waals surface area (Å²) in [6.07, 6.45) is 2.09. The van der Waals surface area contributed by atoms with E-state index in [1.165, 1.54) is 18.3 Å². The number of anilines is 1. The first-order valence-corrected chi connectivity index (χ1v) is 6.31. The Kier molecular flexibility index (Phi) is 4.30. The molecule has 2 rings (SSSR count). The van der Waals surface area contributed by atoms with E-state index in [0.717, 1.165) is 11.1 Å². The van der Waals surface area contributed by atoms with Gasteiger partial charge >= 0.3 is 0 Å². The van der Waals surface area contributed by atoms with Gasteiger partial charge in [0.1, 0.15) is 11.6 Å². The van der Waals surface area contributed by atoms with Gasteiger partial charge in [0.15, 0.2) is 0 Å². The highest BCUT2D eigenvalue weighted by molar-refractivity contribution is 5.93. The summed E-state index contributed by atoms with van der Waals surface area (Å²) in [5, 5.41) is 2.80. The smallest absolute Gasteiger partial charge is 0.252 e. The molecule has 104 valence electrons. The Bertz CT molecular complexity index is 611. The standard InChI is InChI=1S/C15H16FN3O/c1-10-8-13(16)4-2-11(10)6-7-18-15(20)12-3-5-14(17)19-9-12/h2-5,8-9H,6-7H2,1H3,(H2,17,19)(H,18,20). The second-order valence-electron chi connectivity index (χ2n) is 4.55. The fraction of sp³-hybridized carbons (Fsp3) is 0.200. The SMILES string of the molecule is Cc1cc(F)ccc1CCNC(=O)c1ccc(N)nc1. The average Bonchev–Trinajstić information content (AvgIpc) is 2.42. The summed E-state index contributed by atoms with van der Waals surface area (Å²) in [4.78, 5) is 15.7. The molecule has 0 bridgehead atoms. The number of nitrogens with one attached hydrogen (secondary N) is 1. The molecule has 0 aliphatic heterocycles. The Labute approximate surface area is 116 Å². The second-order valence-corrected chi connectivity index (χ2v) is 4.55. The summed E-state index contributed by atoms with van der Waals surface area (Å²) in [7, 11) is 0. The summed E-state index contributed by atoms with van der Waals surface area (Å²) < 4.78 is 13.0. The van der Waals surface area contributed by atoms with Gasteiger partial charge in [0.25, 0.3) is 5.91 Å². The van der Waals surface area contributed by atoms with Gasteiger partial charge in [-0.3, -0.25) is 4.79 Å². The summed E-state index contributed by atoms with van der Waals surface area (Å²) in [5.41, 5.74) is 7.82. The number of rotatable bonds is 4. The number of aryl methyl sites for hydroxylation is 1. The van der Waals surface area contributed by atoms with Crippen LogP contribution in [0.15, 0.2) is 36.5 Å². The molecule has 0 spiro atoms. The number of nitrogen functional groups attached to an aromatic ring is 1. The zero-order valence-corrected chi connectivity index (χ0v) is 11.2. The van der Waals surface area contributed by atoms with E-state index in [2.05, 4.69) is 10.3 Å². The lowest BCUT2D eigenvalue weighted by atomic mass is 10.1. The lowest BCUT2D eigenvalue weighted by Gasteiger charge is -2.08. The van der Waals surface area contributed by atoms with Crippen LogP contribution in [0.25, 0.3) is 0 Å². The van der Waals surface area contributed by atoms with Crippen molar-refractivity contribution in [3.63, 3.8) is 0 Å². The number of carbonyl (C=O) groups is 1. The highest BCUT2D eigenvalue weighted by atomic mass is 19.1. The predicted molar refractivity (Wildman–Crippen MR) is 75.8 cm³/mol. The van der Waals surface area contributed by atoms with Crippen LogP contribution in [0.1, 0.15) is 21.5 Å². The summed E-state index contributed by atoms with van der Waals surface area (Å²) >= 11 is 0. The molecular weight excluding hydrogens is 257 g/mol. The van der Waals surface area contributed by atoms with E-state index in [9.17, 15) is 9.18 Å².